The van der Waals surface area contributed by atoms with Crippen molar-refractivity contribution >= 4 is 23.3 Å². The Morgan fingerprint density at radius 1 is 1.18 bits per heavy atom. The fourth-order valence-electron chi connectivity index (χ4n) is 1.88. The predicted molar refractivity (Wildman–Crippen MR) is 83.8 cm³/mol. The number of benzene rings is 1. The second-order valence-electron chi connectivity index (χ2n) is 5.01. The molecule has 6 nitrogen and oxygen atoms in total. The van der Waals surface area contributed by atoms with Crippen molar-refractivity contribution in [2.75, 3.05) is 10.6 Å². The number of unbranched alkanes of at least 4 members (excludes halogenated alkanes) is 1. The lowest BCUT2D eigenvalue weighted by Gasteiger charge is -2.06. The maximum atomic E-state index is 12.0. The zero-order valence-corrected chi connectivity index (χ0v) is 12.7. The normalized spacial score (nSPS) is 10.3. The van der Waals surface area contributed by atoms with E-state index in [0.29, 0.717) is 29.2 Å². The minimum Gasteiger partial charge on any atom is -0.360 e. The van der Waals surface area contributed by atoms with E-state index in [-0.39, 0.29) is 11.8 Å². The molecule has 0 aliphatic heterocycles. The molecule has 0 bridgehead atoms. The topological polar surface area (TPSA) is 84.2 Å². The molecule has 0 aliphatic rings. The highest BCUT2D eigenvalue weighted by molar-refractivity contribution is 6.04. The third-order valence-electron chi connectivity index (χ3n) is 3.06. The van der Waals surface area contributed by atoms with Gasteiger partial charge in [-0.3, -0.25) is 9.59 Å². The number of nitrogens with one attached hydrogen (secondary N) is 2. The summed E-state index contributed by atoms with van der Waals surface area (Å²) in [6.07, 6.45) is 2.35. The summed E-state index contributed by atoms with van der Waals surface area (Å²) >= 11 is 0. The van der Waals surface area contributed by atoms with E-state index >= 15 is 0 Å². The molecule has 2 rings (SSSR count). The highest BCUT2D eigenvalue weighted by Crippen LogP contribution is 2.13. The molecule has 0 spiro atoms. The van der Waals surface area contributed by atoms with Crippen LogP contribution in [0.3, 0.4) is 0 Å². The number of aromatic nitrogens is 1. The third kappa shape index (κ3) is 4.44. The van der Waals surface area contributed by atoms with Crippen LogP contribution in [0.15, 0.2) is 34.9 Å². The highest BCUT2D eigenvalue weighted by Gasteiger charge is 2.09. The Morgan fingerprint density at radius 3 is 2.50 bits per heavy atom. The summed E-state index contributed by atoms with van der Waals surface area (Å²) in [5, 5.41) is 9.14. The number of carbonyl (C=O) groups excluding carboxylic acids is 2. The second-order valence-corrected chi connectivity index (χ2v) is 5.01. The number of carbonyl (C=O) groups is 2. The molecule has 2 aromatic rings. The van der Waals surface area contributed by atoms with Crippen LogP contribution >= 0.6 is 0 Å². The lowest BCUT2D eigenvalue weighted by Crippen LogP contribution is -2.13. The van der Waals surface area contributed by atoms with E-state index in [2.05, 4.69) is 15.8 Å². The Balaban J connectivity index is 1.93. The van der Waals surface area contributed by atoms with Crippen LogP contribution in [0.2, 0.25) is 0 Å². The summed E-state index contributed by atoms with van der Waals surface area (Å²) in [5.74, 6) is 0.703. The number of hydrogen-bond donors (Lipinski definition) is 2. The molecule has 0 aliphatic carbocycles. The quantitative estimate of drug-likeness (QED) is 0.856. The van der Waals surface area contributed by atoms with Crippen molar-refractivity contribution in [3.63, 3.8) is 0 Å². The second kappa shape index (κ2) is 7.40. The fourth-order valence-corrected chi connectivity index (χ4v) is 1.88. The van der Waals surface area contributed by atoms with Gasteiger partial charge in [-0.2, -0.15) is 0 Å². The van der Waals surface area contributed by atoms with Crippen molar-refractivity contribution < 1.29 is 14.1 Å². The Morgan fingerprint density at radius 2 is 1.91 bits per heavy atom. The van der Waals surface area contributed by atoms with Crippen LogP contribution in [0.4, 0.5) is 11.5 Å². The highest BCUT2D eigenvalue weighted by atomic mass is 16.5. The van der Waals surface area contributed by atoms with Gasteiger partial charge in [0.1, 0.15) is 5.76 Å². The minimum absolute atomic E-state index is 0.0166. The smallest absolute Gasteiger partial charge is 0.256 e. The number of aryl methyl sites for hydroxylation is 1. The van der Waals surface area contributed by atoms with Gasteiger partial charge >= 0.3 is 0 Å². The zero-order valence-electron chi connectivity index (χ0n) is 12.7. The van der Waals surface area contributed by atoms with E-state index in [1.807, 2.05) is 6.92 Å². The molecule has 6 heteroatoms. The van der Waals surface area contributed by atoms with Crippen LogP contribution in [0, 0.1) is 6.92 Å². The first kappa shape index (κ1) is 15.8. The van der Waals surface area contributed by atoms with Gasteiger partial charge in [-0.15, -0.1) is 0 Å². The third-order valence-corrected chi connectivity index (χ3v) is 3.06. The van der Waals surface area contributed by atoms with E-state index in [4.69, 9.17) is 4.52 Å². The summed E-state index contributed by atoms with van der Waals surface area (Å²) in [7, 11) is 0. The van der Waals surface area contributed by atoms with Crippen LogP contribution in [-0.2, 0) is 4.79 Å². The molecule has 0 radical (unpaired) electrons. The Kier molecular flexibility index (Phi) is 5.30. The lowest BCUT2D eigenvalue weighted by atomic mass is 10.2. The largest absolute Gasteiger partial charge is 0.360 e. The first-order valence-corrected chi connectivity index (χ1v) is 7.23. The minimum atomic E-state index is -0.280. The van der Waals surface area contributed by atoms with Gasteiger partial charge < -0.3 is 15.2 Å². The zero-order chi connectivity index (χ0) is 15.9. The SMILES string of the molecule is CCCCC(=O)Nc1ccc(C(=O)Nc2cc(C)on2)cc1. The molecule has 0 atom stereocenters. The average molecular weight is 301 g/mol. The van der Waals surface area contributed by atoms with Gasteiger partial charge in [0.25, 0.3) is 5.91 Å². The number of anilines is 2. The fraction of sp³-hybridized carbons (Fsp3) is 0.312. The molecule has 1 aromatic carbocycles. The van der Waals surface area contributed by atoms with Gasteiger partial charge in [-0.25, -0.2) is 0 Å². The van der Waals surface area contributed by atoms with Crippen molar-refractivity contribution in [2.45, 2.75) is 33.1 Å². The van der Waals surface area contributed by atoms with E-state index < -0.39 is 0 Å². The maximum Gasteiger partial charge on any atom is 0.256 e. The van der Waals surface area contributed by atoms with E-state index in [9.17, 15) is 9.59 Å². The van der Waals surface area contributed by atoms with Crippen molar-refractivity contribution in [2.24, 2.45) is 0 Å². The lowest BCUT2D eigenvalue weighted by molar-refractivity contribution is -0.116. The average Bonchev–Trinajstić information content (AvgIpc) is 2.91. The standard InChI is InChI=1S/C16H19N3O3/c1-3-4-5-15(20)17-13-8-6-12(7-9-13)16(21)18-14-10-11(2)22-19-14/h6-10H,3-5H2,1-2H3,(H,17,20)(H,18,19,21). The van der Waals surface area contributed by atoms with Gasteiger partial charge in [0, 0.05) is 23.7 Å². The monoisotopic (exact) mass is 301 g/mol. The van der Waals surface area contributed by atoms with E-state index in [1.165, 1.54) is 0 Å². The van der Waals surface area contributed by atoms with Crippen molar-refractivity contribution in [1.29, 1.82) is 0 Å². The van der Waals surface area contributed by atoms with Crippen molar-refractivity contribution in [3.8, 4) is 0 Å². The van der Waals surface area contributed by atoms with Crippen LogP contribution < -0.4 is 10.6 Å². The predicted octanol–water partition coefficient (Wildman–Crippen LogP) is 3.36. The molecule has 22 heavy (non-hydrogen) atoms. The molecule has 116 valence electrons. The van der Waals surface area contributed by atoms with Gasteiger partial charge in [-0.1, -0.05) is 18.5 Å². The Hall–Kier alpha value is -2.63. The van der Waals surface area contributed by atoms with E-state index in [0.717, 1.165) is 12.8 Å². The molecule has 1 heterocycles. The van der Waals surface area contributed by atoms with Crippen LogP contribution in [-0.4, -0.2) is 17.0 Å². The summed E-state index contributed by atoms with van der Waals surface area (Å²) in [5.41, 5.74) is 1.15. The Bertz CT molecular complexity index is 647. The summed E-state index contributed by atoms with van der Waals surface area (Å²) in [6.45, 7) is 3.79. The molecule has 0 saturated carbocycles. The molecule has 0 unspecified atom stereocenters. The molecule has 0 saturated heterocycles. The van der Waals surface area contributed by atoms with Gasteiger partial charge in [0.2, 0.25) is 5.91 Å². The molecule has 2 N–H and O–H groups in total. The summed E-state index contributed by atoms with van der Waals surface area (Å²) < 4.78 is 4.88. The molecular weight excluding hydrogens is 282 g/mol. The number of rotatable bonds is 6. The molecule has 0 fully saturated rings. The number of amides is 2. The molecular formula is C16H19N3O3. The summed E-state index contributed by atoms with van der Waals surface area (Å²) in [4.78, 5) is 23.6. The Labute approximate surface area is 128 Å². The van der Waals surface area contributed by atoms with Gasteiger partial charge in [-0.05, 0) is 37.6 Å². The van der Waals surface area contributed by atoms with E-state index in [1.54, 1.807) is 37.3 Å². The number of nitrogens with zero attached hydrogens (tertiary/aromatic N) is 1. The van der Waals surface area contributed by atoms with Gasteiger partial charge in [0.15, 0.2) is 5.82 Å². The number of hydrogen-bond acceptors (Lipinski definition) is 4. The van der Waals surface area contributed by atoms with Crippen LogP contribution in [0.25, 0.3) is 0 Å². The summed E-state index contributed by atoms with van der Waals surface area (Å²) in [6, 6.07) is 8.34. The molecule has 1 aromatic heterocycles. The van der Waals surface area contributed by atoms with Crippen LogP contribution in [0.1, 0.15) is 42.3 Å². The van der Waals surface area contributed by atoms with Crippen molar-refractivity contribution in [1.82, 2.24) is 5.16 Å². The first-order chi connectivity index (χ1) is 10.6. The molecule has 2 amide bonds. The first-order valence-electron chi connectivity index (χ1n) is 7.23. The van der Waals surface area contributed by atoms with Crippen molar-refractivity contribution in [3.05, 3.63) is 41.7 Å². The van der Waals surface area contributed by atoms with Crippen LogP contribution in [0.5, 0.6) is 0 Å². The van der Waals surface area contributed by atoms with Gasteiger partial charge in [0.05, 0.1) is 0 Å². The maximum absolute atomic E-state index is 12.0.